The Labute approximate surface area is 156 Å². The Hall–Kier alpha value is -2.88. The summed E-state index contributed by atoms with van der Waals surface area (Å²) in [6.45, 7) is 0.309. The SMILES string of the molecule is COc1ccc(CNC(=O)C2NNNC2Nc2ccccc2F)cc1OC. The highest BCUT2D eigenvalue weighted by Gasteiger charge is 2.33. The number of halogens is 1. The summed E-state index contributed by atoms with van der Waals surface area (Å²) >= 11 is 0. The molecule has 1 heterocycles. The largest absolute Gasteiger partial charge is 0.493 e. The molecule has 2 unspecified atom stereocenters. The average Bonchev–Trinajstić information content (AvgIpc) is 3.16. The summed E-state index contributed by atoms with van der Waals surface area (Å²) in [5.74, 6) is 0.560. The summed E-state index contributed by atoms with van der Waals surface area (Å²) in [6, 6.07) is 11.0. The van der Waals surface area contributed by atoms with Gasteiger partial charge in [0.15, 0.2) is 11.5 Å². The highest BCUT2D eigenvalue weighted by atomic mass is 19.1. The topological polar surface area (TPSA) is 95.7 Å². The highest BCUT2D eigenvalue weighted by Crippen LogP contribution is 2.27. The fraction of sp³-hybridized carbons (Fsp3) is 0.278. The van der Waals surface area contributed by atoms with Crippen LogP contribution in [0.5, 0.6) is 11.5 Å². The Morgan fingerprint density at radius 2 is 1.89 bits per heavy atom. The summed E-state index contributed by atoms with van der Waals surface area (Å²) in [5.41, 5.74) is 9.53. The third-order valence-corrected chi connectivity index (χ3v) is 4.17. The molecule has 1 aliphatic rings. The third-order valence-electron chi connectivity index (χ3n) is 4.17. The van der Waals surface area contributed by atoms with Gasteiger partial charge in [-0.2, -0.15) is 5.53 Å². The molecule has 5 N–H and O–H groups in total. The monoisotopic (exact) mass is 375 g/mol. The molecule has 27 heavy (non-hydrogen) atoms. The molecule has 0 aliphatic carbocycles. The van der Waals surface area contributed by atoms with Gasteiger partial charge in [-0.3, -0.25) is 4.79 Å². The van der Waals surface area contributed by atoms with Crippen molar-refractivity contribution in [2.45, 2.75) is 18.8 Å². The summed E-state index contributed by atoms with van der Waals surface area (Å²) in [4.78, 5) is 12.5. The number of methoxy groups -OCH3 is 2. The lowest BCUT2D eigenvalue weighted by atomic mass is 10.1. The van der Waals surface area contributed by atoms with Gasteiger partial charge < -0.3 is 20.1 Å². The minimum absolute atomic E-state index is 0.254. The zero-order valence-electron chi connectivity index (χ0n) is 15.0. The number of hydrazine groups is 2. The lowest BCUT2D eigenvalue weighted by Gasteiger charge is -2.20. The van der Waals surface area contributed by atoms with E-state index in [2.05, 4.69) is 27.0 Å². The van der Waals surface area contributed by atoms with Gasteiger partial charge in [-0.15, -0.1) is 0 Å². The van der Waals surface area contributed by atoms with E-state index < -0.39 is 18.0 Å². The van der Waals surface area contributed by atoms with E-state index in [1.807, 2.05) is 6.07 Å². The molecule has 0 spiro atoms. The number of nitrogens with one attached hydrogen (secondary N) is 5. The Morgan fingerprint density at radius 1 is 1.11 bits per heavy atom. The number of carbonyl (C=O) groups excluding carboxylic acids is 1. The van der Waals surface area contributed by atoms with Gasteiger partial charge >= 0.3 is 0 Å². The van der Waals surface area contributed by atoms with Gasteiger partial charge in [-0.1, -0.05) is 18.2 Å². The third kappa shape index (κ3) is 4.45. The van der Waals surface area contributed by atoms with Crippen LogP contribution in [0.25, 0.3) is 0 Å². The van der Waals surface area contributed by atoms with Crippen molar-refractivity contribution in [2.75, 3.05) is 19.5 Å². The number of carbonyl (C=O) groups is 1. The van der Waals surface area contributed by atoms with E-state index in [4.69, 9.17) is 9.47 Å². The quantitative estimate of drug-likeness (QED) is 0.490. The van der Waals surface area contributed by atoms with Crippen LogP contribution in [0.15, 0.2) is 42.5 Å². The lowest BCUT2D eigenvalue weighted by molar-refractivity contribution is -0.123. The summed E-state index contributed by atoms with van der Waals surface area (Å²) in [7, 11) is 3.12. The van der Waals surface area contributed by atoms with Crippen LogP contribution in [0.3, 0.4) is 0 Å². The van der Waals surface area contributed by atoms with Crippen LogP contribution in [0.2, 0.25) is 0 Å². The summed E-state index contributed by atoms with van der Waals surface area (Å²) in [5, 5.41) is 5.81. The van der Waals surface area contributed by atoms with Crippen LogP contribution >= 0.6 is 0 Å². The predicted octanol–water partition coefficient (Wildman–Crippen LogP) is 0.878. The molecule has 0 aromatic heterocycles. The highest BCUT2D eigenvalue weighted by molar-refractivity contribution is 5.83. The van der Waals surface area contributed by atoms with Gasteiger partial charge in [0.1, 0.15) is 18.0 Å². The Bertz CT molecular complexity index is 804. The number of hydrogen-bond donors (Lipinski definition) is 5. The maximum absolute atomic E-state index is 13.8. The van der Waals surface area contributed by atoms with Gasteiger partial charge in [0.05, 0.1) is 19.9 Å². The molecule has 9 heteroatoms. The molecule has 1 fully saturated rings. The Balaban J connectivity index is 1.61. The van der Waals surface area contributed by atoms with E-state index in [0.717, 1.165) is 5.56 Å². The normalized spacial score (nSPS) is 18.8. The molecule has 2 aromatic carbocycles. The van der Waals surface area contributed by atoms with Gasteiger partial charge in [0, 0.05) is 6.54 Å². The fourth-order valence-electron chi connectivity index (χ4n) is 2.74. The van der Waals surface area contributed by atoms with Gasteiger partial charge in [0.25, 0.3) is 0 Å². The van der Waals surface area contributed by atoms with Crippen molar-refractivity contribution < 1.29 is 18.7 Å². The Kier molecular flexibility index (Phi) is 6.07. The number of hydrogen-bond acceptors (Lipinski definition) is 7. The molecule has 0 radical (unpaired) electrons. The number of rotatable bonds is 7. The number of anilines is 1. The second-order valence-corrected chi connectivity index (χ2v) is 5.90. The molecule has 8 nitrogen and oxygen atoms in total. The molecule has 0 saturated carbocycles. The van der Waals surface area contributed by atoms with Crippen molar-refractivity contribution in [1.82, 2.24) is 21.7 Å². The van der Waals surface area contributed by atoms with Crippen molar-refractivity contribution in [3.63, 3.8) is 0 Å². The zero-order valence-corrected chi connectivity index (χ0v) is 15.0. The molecule has 3 rings (SSSR count). The first-order valence-electron chi connectivity index (χ1n) is 8.38. The predicted molar refractivity (Wildman–Crippen MR) is 98.4 cm³/mol. The maximum atomic E-state index is 13.8. The van der Waals surface area contributed by atoms with E-state index in [1.165, 1.54) is 6.07 Å². The second-order valence-electron chi connectivity index (χ2n) is 5.90. The van der Waals surface area contributed by atoms with Gasteiger partial charge in [0.2, 0.25) is 5.91 Å². The average molecular weight is 375 g/mol. The van der Waals surface area contributed by atoms with E-state index in [1.54, 1.807) is 44.6 Å². The number of amides is 1. The van der Waals surface area contributed by atoms with Crippen molar-refractivity contribution in [3.8, 4) is 11.5 Å². The molecule has 0 bridgehead atoms. The van der Waals surface area contributed by atoms with Crippen molar-refractivity contribution >= 4 is 11.6 Å². The van der Waals surface area contributed by atoms with Crippen LogP contribution in [-0.4, -0.2) is 32.3 Å². The standard InChI is InChI=1S/C18H22FN5O3/c1-26-14-8-7-11(9-15(14)27-2)10-20-18(25)16-17(23-24-22-16)21-13-6-4-3-5-12(13)19/h3-9,16-17,21-24H,10H2,1-2H3,(H,20,25). The minimum Gasteiger partial charge on any atom is -0.493 e. The van der Waals surface area contributed by atoms with Gasteiger partial charge in [-0.25, -0.2) is 15.2 Å². The first-order valence-corrected chi connectivity index (χ1v) is 8.38. The Morgan fingerprint density at radius 3 is 2.63 bits per heavy atom. The van der Waals surface area contributed by atoms with E-state index in [-0.39, 0.29) is 5.91 Å². The van der Waals surface area contributed by atoms with Crippen molar-refractivity contribution in [3.05, 3.63) is 53.8 Å². The smallest absolute Gasteiger partial charge is 0.242 e. The van der Waals surface area contributed by atoms with Crippen molar-refractivity contribution in [1.29, 1.82) is 0 Å². The van der Waals surface area contributed by atoms with Crippen LogP contribution in [0.1, 0.15) is 5.56 Å². The molecule has 144 valence electrons. The molecular formula is C18H22FN5O3. The molecule has 1 aliphatic heterocycles. The van der Waals surface area contributed by atoms with Crippen LogP contribution < -0.4 is 36.5 Å². The maximum Gasteiger partial charge on any atom is 0.242 e. The number of ether oxygens (including phenoxy) is 2. The first kappa shape index (κ1) is 18.9. The summed E-state index contributed by atoms with van der Waals surface area (Å²) in [6.07, 6.45) is -0.535. The van der Waals surface area contributed by atoms with E-state index >= 15 is 0 Å². The summed E-state index contributed by atoms with van der Waals surface area (Å²) < 4.78 is 24.3. The van der Waals surface area contributed by atoms with E-state index in [0.29, 0.717) is 23.7 Å². The fourth-order valence-corrected chi connectivity index (χ4v) is 2.74. The zero-order chi connectivity index (χ0) is 19.2. The molecule has 2 atom stereocenters. The lowest BCUT2D eigenvalue weighted by Crippen LogP contribution is -2.50. The number of para-hydroxylation sites is 1. The van der Waals surface area contributed by atoms with Crippen molar-refractivity contribution in [2.24, 2.45) is 0 Å². The molecule has 1 saturated heterocycles. The van der Waals surface area contributed by atoms with Crippen LogP contribution in [0.4, 0.5) is 10.1 Å². The van der Waals surface area contributed by atoms with Gasteiger partial charge in [-0.05, 0) is 29.8 Å². The second kappa shape index (κ2) is 8.67. The molecule has 2 aromatic rings. The number of benzene rings is 2. The van der Waals surface area contributed by atoms with E-state index in [9.17, 15) is 9.18 Å². The molecule has 1 amide bonds. The molecular weight excluding hydrogens is 353 g/mol. The van der Waals surface area contributed by atoms with Crippen LogP contribution in [0, 0.1) is 5.82 Å². The minimum atomic E-state index is -0.648. The first-order chi connectivity index (χ1) is 13.1. The van der Waals surface area contributed by atoms with Crippen LogP contribution in [-0.2, 0) is 11.3 Å².